The van der Waals surface area contributed by atoms with Crippen molar-refractivity contribution in [2.75, 3.05) is 13.7 Å². The van der Waals surface area contributed by atoms with Crippen molar-refractivity contribution < 1.29 is 19.4 Å². The van der Waals surface area contributed by atoms with Gasteiger partial charge in [-0.05, 0) is 17.5 Å². The minimum atomic E-state index is -1.10. The molecule has 1 atom stereocenters. The van der Waals surface area contributed by atoms with Crippen LogP contribution in [0.2, 0.25) is 0 Å². The fraction of sp³-hybridized carbons (Fsp3) is 0.286. The number of hydrogen-bond acceptors (Lipinski definition) is 3. The molecular formula is C14H16N2O4. The fourth-order valence-electron chi connectivity index (χ4n) is 1.97. The van der Waals surface area contributed by atoms with Crippen molar-refractivity contribution in [3.05, 3.63) is 36.5 Å². The van der Waals surface area contributed by atoms with E-state index >= 15 is 0 Å². The molecule has 1 aromatic heterocycles. The lowest BCUT2D eigenvalue weighted by molar-refractivity contribution is -0.148. The maximum Gasteiger partial charge on any atom is 0.334 e. The molecule has 0 fully saturated rings. The average molecular weight is 276 g/mol. The molecule has 2 N–H and O–H groups in total. The SMILES string of the molecule is COC(CNC(=O)Cn1ccc2ccccc21)C(=O)O. The fourth-order valence-corrected chi connectivity index (χ4v) is 1.97. The van der Waals surface area contributed by atoms with Crippen LogP contribution in [0.4, 0.5) is 0 Å². The Morgan fingerprint density at radius 3 is 2.80 bits per heavy atom. The largest absolute Gasteiger partial charge is 0.479 e. The van der Waals surface area contributed by atoms with Crippen molar-refractivity contribution in [1.29, 1.82) is 0 Å². The third-order valence-electron chi connectivity index (χ3n) is 3.04. The van der Waals surface area contributed by atoms with Crippen LogP contribution >= 0.6 is 0 Å². The molecule has 1 amide bonds. The molecule has 1 unspecified atom stereocenters. The molecule has 1 aromatic carbocycles. The van der Waals surface area contributed by atoms with Gasteiger partial charge in [-0.1, -0.05) is 18.2 Å². The van der Waals surface area contributed by atoms with Gasteiger partial charge in [-0.3, -0.25) is 4.79 Å². The smallest absolute Gasteiger partial charge is 0.334 e. The Morgan fingerprint density at radius 2 is 2.10 bits per heavy atom. The predicted molar refractivity (Wildman–Crippen MR) is 73.4 cm³/mol. The summed E-state index contributed by atoms with van der Waals surface area (Å²) in [6.07, 6.45) is 0.801. The number of amides is 1. The van der Waals surface area contributed by atoms with Gasteiger partial charge >= 0.3 is 5.97 Å². The molecule has 0 saturated carbocycles. The van der Waals surface area contributed by atoms with Gasteiger partial charge in [0, 0.05) is 18.8 Å². The summed E-state index contributed by atoms with van der Waals surface area (Å²) in [7, 11) is 1.30. The van der Waals surface area contributed by atoms with Crippen LogP contribution in [0, 0.1) is 0 Å². The second kappa shape index (κ2) is 6.21. The summed E-state index contributed by atoms with van der Waals surface area (Å²) in [6.45, 7) is 0.0907. The highest BCUT2D eigenvalue weighted by Gasteiger charge is 2.17. The highest BCUT2D eigenvalue weighted by atomic mass is 16.5. The molecule has 0 aliphatic heterocycles. The lowest BCUT2D eigenvalue weighted by Crippen LogP contribution is -2.39. The molecule has 1 heterocycles. The quantitative estimate of drug-likeness (QED) is 0.820. The molecule has 20 heavy (non-hydrogen) atoms. The number of carbonyl (C=O) groups is 2. The van der Waals surface area contributed by atoms with E-state index in [1.807, 2.05) is 41.1 Å². The number of fused-ring (bicyclic) bond motifs is 1. The van der Waals surface area contributed by atoms with E-state index in [1.165, 1.54) is 7.11 Å². The lowest BCUT2D eigenvalue weighted by Gasteiger charge is -2.12. The number of hydrogen-bond donors (Lipinski definition) is 2. The van der Waals surface area contributed by atoms with E-state index in [9.17, 15) is 9.59 Å². The van der Waals surface area contributed by atoms with Gasteiger partial charge in [0.15, 0.2) is 6.10 Å². The van der Waals surface area contributed by atoms with E-state index in [0.29, 0.717) is 0 Å². The first-order valence-electron chi connectivity index (χ1n) is 6.18. The first-order valence-corrected chi connectivity index (χ1v) is 6.18. The van der Waals surface area contributed by atoms with Gasteiger partial charge in [-0.25, -0.2) is 4.79 Å². The predicted octanol–water partition coefficient (Wildman–Crippen LogP) is 0.857. The Kier molecular flexibility index (Phi) is 4.37. The molecule has 0 bridgehead atoms. The maximum atomic E-state index is 11.8. The number of benzene rings is 1. The van der Waals surface area contributed by atoms with Crippen molar-refractivity contribution in [3.63, 3.8) is 0 Å². The van der Waals surface area contributed by atoms with Crippen molar-refractivity contribution >= 4 is 22.8 Å². The Balaban J connectivity index is 1.96. The third kappa shape index (κ3) is 3.16. The van der Waals surface area contributed by atoms with E-state index < -0.39 is 12.1 Å². The van der Waals surface area contributed by atoms with Crippen molar-refractivity contribution in [3.8, 4) is 0 Å². The Hall–Kier alpha value is -2.34. The highest BCUT2D eigenvalue weighted by molar-refractivity contribution is 5.83. The summed E-state index contributed by atoms with van der Waals surface area (Å²) in [4.78, 5) is 22.6. The van der Waals surface area contributed by atoms with E-state index in [2.05, 4.69) is 5.32 Å². The Labute approximate surface area is 116 Å². The van der Waals surface area contributed by atoms with Gasteiger partial charge in [0.25, 0.3) is 0 Å². The molecule has 106 valence electrons. The number of aromatic nitrogens is 1. The minimum Gasteiger partial charge on any atom is -0.479 e. The molecule has 0 aliphatic rings. The van der Waals surface area contributed by atoms with Crippen LogP contribution in [0.1, 0.15) is 0 Å². The zero-order valence-corrected chi connectivity index (χ0v) is 11.1. The van der Waals surface area contributed by atoms with Crippen LogP contribution in [-0.2, 0) is 20.9 Å². The van der Waals surface area contributed by atoms with E-state index in [4.69, 9.17) is 9.84 Å². The standard InChI is InChI=1S/C14H16N2O4/c1-20-12(14(18)19)8-15-13(17)9-16-7-6-10-4-2-3-5-11(10)16/h2-7,12H,8-9H2,1H3,(H,15,17)(H,18,19). The zero-order valence-electron chi connectivity index (χ0n) is 11.1. The van der Waals surface area contributed by atoms with Gasteiger partial charge in [0.1, 0.15) is 6.54 Å². The normalized spacial score (nSPS) is 12.2. The van der Waals surface area contributed by atoms with E-state index in [1.54, 1.807) is 0 Å². The monoisotopic (exact) mass is 276 g/mol. The van der Waals surface area contributed by atoms with Gasteiger partial charge in [0.2, 0.25) is 5.91 Å². The molecule has 0 spiro atoms. The maximum absolute atomic E-state index is 11.8. The molecule has 2 rings (SSSR count). The van der Waals surface area contributed by atoms with Crippen LogP contribution < -0.4 is 5.32 Å². The number of nitrogens with zero attached hydrogens (tertiary/aromatic N) is 1. The van der Waals surface area contributed by atoms with Gasteiger partial charge < -0.3 is 19.7 Å². The number of carboxylic acid groups (broad SMARTS) is 1. The second-order valence-electron chi connectivity index (χ2n) is 4.37. The number of methoxy groups -OCH3 is 1. The first-order chi connectivity index (χ1) is 9.61. The third-order valence-corrected chi connectivity index (χ3v) is 3.04. The van der Waals surface area contributed by atoms with Crippen LogP contribution in [0.15, 0.2) is 36.5 Å². The highest BCUT2D eigenvalue weighted by Crippen LogP contribution is 2.14. The van der Waals surface area contributed by atoms with Crippen molar-refractivity contribution in [2.45, 2.75) is 12.6 Å². The summed E-state index contributed by atoms with van der Waals surface area (Å²) < 4.78 is 6.56. The Morgan fingerprint density at radius 1 is 1.35 bits per heavy atom. The molecule has 0 saturated heterocycles. The van der Waals surface area contributed by atoms with Crippen LogP contribution in [0.5, 0.6) is 0 Å². The molecule has 0 aliphatic carbocycles. The summed E-state index contributed by atoms with van der Waals surface area (Å²) >= 11 is 0. The number of ether oxygens (including phenoxy) is 1. The molecule has 2 aromatic rings. The number of para-hydroxylation sites is 1. The number of aliphatic carboxylic acids is 1. The summed E-state index contributed by atoms with van der Waals surface area (Å²) in [6, 6.07) is 9.66. The molecule has 0 radical (unpaired) electrons. The summed E-state index contributed by atoms with van der Waals surface area (Å²) in [5.74, 6) is -1.35. The number of carboxylic acids is 1. The minimum absolute atomic E-state index is 0.0517. The van der Waals surface area contributed by atoms with E-state index in [0.717, 1.165) is 10.9 Å². The number of nitrogens with one attached hydrogen (secondary N) is 1. The first kappa shape index (κ1) is 14.1. The van der Waals surface area contributed by atoms with E-state index in [-0.39, 0.29) is 19.0 Å². The second-order valence-corrected chi connectivity index (χ2v) is 4.37. The summed E-state index contributed by atoms with van der Waals surface area (Å²) in [5.41, 5.74) is 0.962. The van der Waals surface area contributed by atoms with Gasteiger partial charge in [-0.15, -0.1) is 0 Å². The molecule has 6 heteroatoms. The molecule has 6 nitrogen and oxygen atoms in total. The van der Waals surface area contributed by atoms with Gasteiger partial charge in [0.05, 0.1) is 6.54 Å². The van der Waals surface area contributed by atoms with Crippen molar-refractivity contribution in [2.24, 2.45) is 0 Å². The lowest BCUT2D eigenvalue weighted by atomic mass is 10.2. The van der Waals surface area contributed by atoms with Crippen molar-refractivity contribution in [1.82, 2.24) is 9.88 Å². The average Bonchev–Trinajstić information content (AvgIpc) is 2.82. The van der Waals surface area contributed by atoms with Crippen LogP contribution in [-0.4, -0.2) is 41.3 Å². The number of carbonyl (C=O) groups excluding carboxylic acids is 1. The summed E-state index contributed by atoms with van der Waals surface area (Å²) in [5, 5.41) is 12.4. The topological polar surface area (TPSA) is 80.6 Å². The zero-order chi connectivity index (χ0) is 14.5. The molecular weight excluding hydrogens is 260 g/mol. The Bertz CT molecular complexity index is 620. The number of rotatable bonds is 6. The van der Waals surface area contributed by atoms with Crippen LogP contribution in [0.3, 0.4) is 0 Å². The van der Waals surface area contributed by atoms with Crippen LogP contribution in [0.25, 0.3) is 10.9 Å². The van der Waals surface area contributed by atoms with Gasteiger partial charge in [-0.2, -0.15) is 0 Å².